The Kier molecular flexibility index (Phi) is 8.11. The first-order valence-electron chi connectivity index (χ1n) is 5.99. The zero-order valence-corrected chi connectivity index (χ0v) is 18.3. The fourth-order valence-corrected chi connectivity index (χ4v) is 3.67. The molecule has 0 saturated carbocycles. The molecule has 0 radical (unpaired) electrons. The minimum Gasteiger partial charge on any atom is -0.665 e. The van der Waals surface area contributed by atoms with E-state index in [9.17, 15) is 0 Å². The quantitative estimate of drug-likeness (QED) is 0.446. The summed E-state index contributed by atoms with van der Waals surface area (Å²) in [5, 5.41) is 1.32. The summed E-state index contributed by atoms with van der Waals surface area (Å²) >= 11 is 22.5. The minimum atomic E-state index is -2.88. The molecule has 22 heavy (non-hydrogen) atoms. The monoisotopic (exact) mass is 400 g/mol. The molecular weight excluding hydrogens is 389 g/mol. The van der Waals surface area contributed by atoms with Gasteiger partial charge in [-0.25, -0.2) is 0 Å². The van der Waals surface area contributed by atoms with E-state index in [-0.39, 0.29) is 29.6 Å². The summed E-state index contributed by atoms with van der Waals surface area (Å²) in [7, 11) is 0. The summed E-state index contributed by atoms with van der Waals surface area (Å²) in [6, 6.07) is 10.5. The summed E-state index contributed by atoms with van der Waals surface area (Å²) in [5.41, 5.74) is -1.10. The van der Waals surface area contributed by atoms with Crippen LogP contribution in [-0.2, 0) is 24.1 Å². The Hall–Kier alpha value is 0.620. The second-order valence-corrected chi connectivity index (χ2v) is 10.1. The standard InChI is InChI=1S/C14H13Cl2O2PS2.Na/c1-9-7-11(3-5-13(9)15)17-19(20,21)18-12-4-6-14(16)10(2)8-12;/h3-8H,1-2H3,(H,20,21);/q;+1/p-1. The fraction of sp³-hybridized carbons (Fsp3) is 0.143. The van der Waals surface area contributed by atoms with Crippen LogP contribution < -0.4 is 38.6 Å². The van der Waals surface area contributed by atoms with Crippen molar-refractivity contribution < 1.29 is 38.6 Å². The van der Waals surface area contributed by atoms with E-state index in [0.717, 1.165) is 11.1 Å². The molecule has 0 aromatic heterocycles. The van der Waals surface area contributed by atoms with Crippen molar-refractivity contribution in [2.75, 3.05) is 0 Å². The first-order valence-corrected chi connectivity index (χ1v) is 10.4. The van der Waals surface area contributed by atoms with E-state index in [1.165, 1.54) is 0 Å². The Morgan fingerprint density at radius 2 is 1.27 bits per heavy atom. The number of halogens is 2. The van der Waals surface area contributed by atoms with Crippen LogP contribution in [0.1, 0.15) is 11.1 Å². The van der Waals surface area contributed by atoms with Gasteiger partial charge < -0.3 is 21.3 Å². The summed E-state index contributed by atoms with van der Waals surface area (Å²) in [6.07, 6.45) is 0. The van der Waals surface area contributed by atoms with Gasteiger partial charge in [0.05, 0.1) is 0 Å². The molecule has 0 aliphatic carbocycles. The van der Waals surface area contributed by atoms with Gasteiger partial charge in [0.1, 0.15) is 11.5 Å². The van der Waals surface area contributed by atoms with Crippen molar-refractivity contribution in [1.82, 2.24) is 0 Å². The maximum atomic E-state index is 5.97. The number of hydrogen-bond donors (Lipinski definition) is 0. The smallest absolute Gasteiger partial charge is 0.665 e. The van der Waals surface area contributed by atoms with E-state index in [4.69, 9.17) is 56.3 Å². The van der Waals surface area contributed by atoms with E-state index in [2.05, 4.69) is 0 Å². The topological polar surface area (TPSA) is 18.5 Å². The second-order valence-electron chi connectivity index (χ2n) is 4.45. The number of benzene rings is 2. The zero-order valence-electron chi connectivity index (χ0n) is 12.3. The van der Waals surface area contributed by atoms with Gasteiger partial charge in [-0.2, -0.15) is 0 Å². The first kappa shape index (κ1) is 20.7. The molecule has 0 saturated heterocycles. The maximum absolute atomic E-state index is 5.97. The van der Waals surface area contributed by atoms with Crippen LogP contribution in [0.3, 0.4) is 0 Å². The number of aryl methyl sites for hydroxylation is 2. The maximum Gasteiger partial charge on any atom is 1.00 e. The minimum absolute atomic E-state index is 0. The van der Waals surface area contributed by atoms with Crippen molar-refractivity contribution in [1.29, 1.82) is 0 Å². The van der Waals surface area contributed by atoms with Gasteiger partial charge in [-0.15, -0.1) is 0 Å². The van der Waals surface area contributed by atoms with Crippen molar-refractivity contribution in [2.24, 2.45) is 0 Å². The molecule has 2 aromatic carbocycles. The fourth-order valence-electron chi connectivity index (χ4n) is 1.62. The van der Waals surface area contributed by atoms with E-state index >= 15 is 0 Å². The van der Waals surface area contributed by atoms with E-state index in [1.54, 1.807) is 36.4 Å². The van der Waals surface area contributed by atoms with Crippen molar-refractivity contribution in [3.05, 3.63) is 57.6 Å². The molecule has 2 rings (SSSR count). The van der Waals surface area contributed by atoms with Crippen LogP contribution in [0.15, 0.2) is 36.4 Å². The predicted octanol–water partition coefficient (Wildman–Crippen LogP) is 2.84. The molecule has 0 atom stereocenters. The summed E-state index contributed by atoms with van der Waals surface area (Å²) in [6.45, 7) is 3.76. The second kappa shape index (κ2) is 8.64. The van der Waals surface area contributed by atoms with Crippen LogP contribution in [-0.4, -0.2) is 0 Å². The Morgan fingerprint density at radius 3 is 1.59 bits per heavy atom. The SMILES string of the molecule is Cc1cc(OP(=S)([S-])Oc2ccc(Cl)c(C)c2)ccc1Cl.[Na+]. The average molecular weight is 401 g/mol. The van der Waals surface area contributed by atoms with Crippen LogP contribution in [0.4, 0.5) is 0 Å². The number of rotatable bonds is 4. The van der Waals surface area contributed by atoms with Crippen LogP contribution >= 0.6 is 28.9 Å². The normalized spacial score (nSPS) is 10.8. The van der Waals surface area contributed by atoms with Crippen molar-refractivity contribution in [3.8, 4) is 11.5 Å². The Labute approximate surface area is 173 Å². The van der Waals surface area contributed by atoms with Crippen LogP contribution in [0.2, 0.25) is 10.0 Å². The van der Waals surface area contributed by atoms with Gasteiger partial charge in [0.25, 0.3) is 0 Å². The Morgan fingerprint density at radius 1 is 0.909 bits per heavy atom. The molecule has 2 aromatic rings. The van der Waals surface area contributed by atoms with Gasteiger partial charge in [-0.05, 0) is 73.2 Å². The van der Waals surface area contributed by atoms with Crippen molar-refractivity contribution in [3.63, 3.8) is 0 Å². The Balaban J connectivity index is 0.00000242. The van der Waals surface area contributed by atoms with Gasteiger partial charge in [0, 0.05) is 10.0 Å². The van der Waals surface area contributed by atoms with Crippen molar-refractivity contribution in [2.45, 2.75) is 13.8 Å². The van der Waals surface area contributed by atoms with E-state index in [1.807, 2.05) is 13.8 Å². The molecule has 0 unspecified atom stereocenters. The Bertz CT molecular complexity index is 670. The predicted molar refractivity (Wildman–Crippen MR) is 95.3 cm³/mol. The zero-order chi connectivity index (χ0) is 15.6. The third-order valence-corrected chi connectivity index (χ3v) is 5.30. The summed E-state index contributed by atoms with van der Waals surface area (Å²) < 4.78 is 11.3. The molecule has 0 N–H and O–H groups in total. The van der Waals surface area contributed by atoms with Gasteiger partial charge >= 0.3 is 29.6 Å². The van der Waals surface area contributed by atoms with Gasteiger partial charge in [0.15, 0.2) is 5.69 Å². The summed E-state index contributed by atoms with van der Waals surface area (Å²) in [4.78, 5) is 0. The first-order chi connectivity index (χ1) is 9.77. The molecule has 0 aliphatic rings. The van der Waals surface area contributed by atoms with Crippen LogP contribution in [0.5, 0.6) is 11.5 Å². The molecule has 0 aliphatic heterocycles. The van der Waals surface area contributed by atoms with Crippen molar-refractivity contribution >= 4 is 53.0 Å². The van der Waals surface area contributed by atoms with Crippen LogP contribution in [0, 0.1) is 13.8 Å². The molecule has 0 fully saturated rings. The molecular formula is C14H12Cl2NaO2PS2. The average Bonchev–Trinajstić information content (AvgIpc) is 2.37. The molecule has 0 spiro atoms. The molecule has 0 amide bonds. The van der Waals surface area contributed by atoms with Gasteiger partial charge in [-0.3, -0.25) is 0 Å². The molecule has 0 bridgehead atoms. The molecule has 2 nitrogen and oxygen atoms in total. The number of hydrogen-bond acceptors (Lipinski definition) is 4. The van der Waals surface area contributed by atoms with E-state index < -0.39 is 5.69 Å². The third kappa shape index (κ3) is 5.92. The van der Waals surface area contributed by atoms with Crippen LogP contribution in [0.25, 0.3) is 0 Å². The van der Waals surface area contributed by atoms with Gasteiger partial charge in [-0.1, -0.05) is 23.2 Å². The molecule has 112 valence electrons. The molecule has 0 heterocycles. The molecule has 8 heteroatoms. The largest absolute Gasteiger partial charge is 1.00 e. The third-order valence-electron chi connectivity index (χ3n) is 2.69. The van der Waals surface area contributed by atoms with Gasteiger partial charge in [0.2, 0.25) is 0 Å². The van der Waals surface area contributed by atoms with E-state index in [0.29, 0.717) is 21.5 Å². The summed E-state index contributed by atoms with van der Waals surface area (Å²) in [5.74, 6) is 1.11.